The lowest BCUT2D eigenvalue weighted by Gasteiger charge is -2.27. The van der Waals surface area contributed by atoms with Crippen LogP contribution >= 0.6 is 0 Å². The highest BCUT2D eigenvalue weighted by atomic mass is 32.2. The Hall–Kier alpha value is -1.87. The summed E-state index contributed by atoms with van der Waals surface area (Å²) in [4.78, 5) is 15.4. The fourth-order valence-corrected chi connectivity index (χ4v) is 3.24. The molecule has 0 amide bonds. The monoisotopic (exact) mass is 388 g/mol. The van der Waals surface area contributed by atoms with E-state index in [1.807, 2.05) is 0 Å². The van der Waals surface area contributed by atoms with Gasteiger partial charge in [0, 0.05) is 6.42 Å². The van der Waals surface area contributed by atoms with Gasteiger partial charge in [0.05, 0.1) is 50.1 Å². The van der Waals surface area contributed by atoms with E-state index in [2.05, 4.69) is 14.4 Å². The van der Waals surface area contributed by atoms with E-state index in [1.165, 1.54) is 33.7 Å². The van der Waals surface area contributed by atoms with Crippen LogP contribution in [-0.2, 0) is 19.6 Å². The third-order valence-electron chi connectivity index (χ3n) is 3.91. The largest absolute Gasteiger partial charge is 0.495 e. The number of sulfonamides is 1. The number of carbonyl (C=O) groups is 1. The second kappa shape index (κ2) is 9.18. The number of pyridine rings is 1. The van der Waals surface area contributed by atoms with Gasteiger partial charge in [-0.05, 0) is 33.6 Å². The van der Waals surface area contributed by atoms with Crippen LogP contribution in [0.4, 0.5) is 0 Å². The summed E-state index contributed by atoms with van der Waals surface area (Å²) in [5.74, 6) is 0.462. The summed E-state index contributed by atoms with van der Waals surface area (Å²) in [6, 6.07) is -0.642. The van der Waals surface area contributed by atoms with Gasteiger partial charge >= 0.3 is 5.97 Å². The minimum absolute atomic E-state index is 0.181. The number of hydrogen-bond acceptors (Lipinski definition) is 7. The Kier molecular flexibility index (Phi) is 7.83. The Morgan fingerprint density at radius 2 is 1.69 bits per heavy atom. The molecule has 26 heavy (non-hydrogen) atoms. The van der Waals surface area contributed by atoms with Crippen molar-refractivity contribution in [3.63, 3.8) is 0 Å². The highest BCUT2D eigenvalue weighted by Crippen LogP contribution is 2.36. The zero-order valence-corrected chi connectivity index (χ0v) is 17.0. The molecular weight excluding hydrogens is 360 g/mol. The van der Waals surface area contributed by atoms with Crippen LogP contribution in [0.15, 0.2) is 12.4 Å². The average molecular weight is 388 g/mol. The molecule has 0 spiro atoms. The van der Waals surface area contributed by atoms with E-state index in [9.17, 15) is 13.2 Å². The van der Waals surface area contributed by atoms with E-state index in [0.717, 1.165) is 0 Å². The molecule has 1 atom stereocenters. The van der Waals surface area contributed by atoms with Crippen molar-refractivity contribution >= 4 is 16.0 Å². The SMILES string of the molecule is COC(=O)CCCC(NS(=O)(=O)C(C)(C)C)c1c(OC)cncc1OC. The highest BCUT2D eigenvalue weighted by molar-refractivity contribution is 7.90. The van der Waals surface area contributed by atoms with Crippen molar-refractivity contribution in [3.8, 4) is 11.5 Å². The number of carbonyl (C=O) groups excluding carboxylic acids is 1. The molecule has 0 saturated carbocycles. The molecule has 1 heterocycles. The predicted octanol–water partition coefficient (Wildman–Crippen LogP) is 2.20. The lowest BCUT2D eigenvalue weighted by atomic mass is 10.0. The van der Waals surface area contributed by atoms with Crippen LogP contribution in [0.1, 0.15) is 51.6 Å². The molecule has 1 unspecified atom stereocenters. The molecule has 0 aliphatic rings. The number of esters is 1. The zero-order valence-electron chi connectivity index (χ0n) is 16.2. The maximum absolute atomic E-state index is 12.7. The van der Waals surface area contributed by atoms with E-state index < -0.39 is 20.8 Å². The summed E-state index contributed by atoms with van der Waals surface area (Å²) in [6.45, 7) is 4.84. The van der Waals surface area contributed by atoms with Gasteiger partial charge in [-0.15, -0.1) is 0 Å². The molecule has 1 rings (SSSR count). The predicted molar refractivity (Wildman–Crippen MR) is 97.8 cm³/mol. The first kappa shape index (κ1) is 22.2. The maximum atomic E-state index is 12.7. The van der Waals surface area contributed by atoms with Gasteiger partial charge in [-0.2, -0.15) is 0 Å². The Morgan fingerprint density at radius 3 is 2.12 bits per heavy atom. The Labute approximate surface area is 155 Å². The van der Waals surface area contributed by atoms with Crippen LogP contribution < -0.4 is 14.2 Å². The number of nitrogens with zero attached hydrogens (tertiary/aromatic N) is 1. The van der Waals surface area contributed by atoms with Gasteiger partial charge in [-0.3, -0.25) is 9.78 Å². The maximum Gasteiger partial charge on any atom is 0.305 e. The molecule has 0 aliphatic carbocycles. The molecule has 1 aromatic heterocycles. The smallest absolute Gasteiger partial charge is 0.305 e. The zero-order chi connectivity index (χ0) is 20.0. The topological polar surface area (TPSA) is 104 Å². The quantitative estimate of drug-likeness (QED) is 0.647. The fraction of sp³-hybridized carbons (Fsp3) is 0.647. The fourth-order valence-electron chi connectivity index (χ4n) is 2.28. The standard InChI is InChI=1S/C17H28N2O6S/c1-17(2,3)26(21,22)19-12(8-7-9-15(20)25-6)16-13(23-4)10-18-11-14(16)24-5/h10-12,19H,7-9H2,1-6H3. The van der Waals surface area contributed by atoms with Crippen molar-refractivity contribution in [1.29, 1.82) is 0 Å². The molecule has 0 saturated heterocycles. The molecule has 1 aromatic rings. The number of aromatic nitrogens is 1. The van der Waals surface area contributed by atoms with Crippen molar-refractivity contribution in [2.24, 2.45) is 0 Å². The minimum Gasteiger partial charge on any atom is -0.495 e. The van der Waals surface area contributed by atoms with Gasteiger partial charge in [0.2, 0.25) is 10.0 Å². The first-order valence-electron chi connectivity index (χ1n) is 8.22. The molecule has 0 aliphatic heterocycles. The lowest BCUT2D eigenvalue weighted by Crippen LogP contribution is -2.41. The molecule has 0 aromatic carbocycles. The van der Waals surface area contributed by atoms with Crippen molar-refractivity contribution in [2.45, 2.75) is 50.8 Å². The first-order valence-corrected chi connectivity index (χ1v) is 9.70. The third kappa shape index (κ3) is 5.57. The number of rotatable bonds is 9. The van der Waals surface area contributed by atoms with Gasteiger partial charge in [-0.1, -0.05) is 0 Å². The average Bonchev–Trinajstić information content (AvgIpc) is 2.58. The van der Waals surface area contributed by atoms with E-state index in [0.29, 0.717) is 29.9 Å². The van der Waals surface area contributed by atoms with Crippen LogP contribution in [0, 0.1) is 0 Å². The number of hydrogen-bond donors (Lipinski definition) is 1. The van der Waals surface area contributed by atoms with Crippen LogP contribution in [0.3, 0.4) is 0 Å². The summed E-state index contributed by atoms with van der Waals surface area (Å²) in [7, 11) is 0.619. The normalized spacial score (nSPS) is 13.2. The molecule has 8 nitrogen and oxygen atoms in total. The first-order chi connectivity index (χ1) is 12.1. The molecular formula is C17H28N2O6S. The third-order valence-corrected chi connectivity index (χ3v) is 6.11. The van der Waals surface area contributed by atoms with Crippen LogP contribution in [0.5, 0.6) is 11.5 Å². The lowest BCUT2D eigenvalue weighted by molar-refractivity contribution is -0.140. The summed E-state index contributed by atoms with van der Waals surface area (Å²) in [5.41, 5.74) is 0.544. The van der Waals surface area contributed by atoms with E-state index >= 15 is 0 Å². The van der Waals surface area contributed by atoms with E-state index in [1.54, 1.807) is 20.8 Å². The summed E-state index contributed by atoms with van der Waals surface area (Å²) >= 11 is 0. The second-order valence-corrected chi connectivity index (χ2v) is 9.18. The van der Waals surface area contributed by atoms with Crippen molar-refractivity contribution in [1.82, 2.24) is 9.71 Å². The van der Waals surface area contributed by atoms with E-state index in [-0.39, 0.29) is 12.4 Å². The van der Waals surface area contributed by atoms with Gasteiger partial charge < -0.3 is 14.2 Å². The van der Waals surface area contributed by atoms with Crippen LogP contribution in [0.2, 0.25) is 0 Å². The molecule has 1 N–H and O–H groups in total. The van der Waals surface area contributed by atoms with Crippen LogP contribution in [0.25, 0.3) is 0 Å². The minimum atomic E-state index is -3.65. The summed E-state index contributed by atoms with van der Waals surface area (Å²) in [6.07, 6.45) is 3.97. The highest BCUT2D eigenvalue weighted by Gasteiger charge is 2.33. The molecule has 9 heteroatoms. The Balaban J connectivity index is 3.26. The molecule has 148 valence electrons. The van der Waals surface area contributed by atoms with Gasteiger partial charge in [0.1, 0.15) is 11.5 Å². The van der Waals surface area contributed by atoms with E-state index in [4.69, 9.17) is 9.47 Å². The van der Waals surface area contributed by atoms with Crippen molar-refractivity contribution < 1.29 is 27.4 Å². The second-order valence-electron chi connectivity index (χ2n) is 6.71. The molecule has 0 fully saturated rings. The molecule has 0 bridgehead atoms. The number of ether oxygens (including phenoxy) is 3. The summed E-state index contributed by atoms with van der Waals surface area (Å²) < 4.78 is 42.4. The molecule has 0 radical (unpaired) electrons. The number of nitrogens with one attached hydrogen (secondary N) is 1. The Morgan fingerprint density at radius 1 is 1.15 bits per heavy atom. The van der Waals surface area contributed by atoms with Gasteiger partial charge in [-0.25, -0.2) is 13.1 Å². The van der Waals surface area contributed by atoms with Crippen LogP contribution in [-0.4, -0.2) is 45.4 Å². The Bertz CT molecular complexity index is 690. The van der Waals surface area contributed by atoms with Gasteiger partial charge in [0.15, 0.2) is 0 Å². The van der Waals surface area contributed by atoms with Gasteiger partial charge in [0.25, 0.3) is 0 Å². The van der Waals surface area contributed by atoms with Crippen molar-refractivity contribution in [2.75, 3.05) is 21.3 Å². The number of methoxy groups -OCH3 is 3. The summed E-state index contributed by atoms with van der Waals surface area (Å²) in [5, 5.41) is 0. The van der Waals surface area contributed by atoms with Crippen molar-refractivity contribution in [3.05, 3.63) is 18.0 Å².